The van der Waals surface area contributed by atoms with Gasteiger partial charge in [-0.25, -0.2) is 0 Å². The van der Waals surface area contributed by atoms with Crippen molar-refractivity contribution < 1.29 is 4.79 Å². The fraction of sp³-hybridized carbons (Fsp3) is 0.917. The normalized spacial score (nSPS) is 27.8. The van der Waals surface area contributed by atoms with Crippen LogP contribution < -0.4 is 0 Å². The lowest BCUT2D eigenvalue weighted by atomic mass is 10.4. The maximum Gasteiger partial charge on any atom is 0.227 e. The Morgan fingerprint density at radius 3 is 1.71 bits per heavy atom. The fourth-order valence-corrected chi connectivity index (χ4v) is 5.94. The van der Waals surface area contributed by atoms with Crippen molar-refractivity contribution in [1.29, 1.82) is 0 Å². The van der Waals surface area contributed by atoms with Crippen LogP contribution in [0.2, 0.25) is 0 Å². The average Bonchev–Trinajstić information content (AvgIpc) is 3.04. The molecule has 1 amide bonds. The molecule has 3 aliphatic rings. The Labute approximate surface area is 105 Å². The van der Waals surface area contributed by atoms with E-state index in [0.29, 0.717) is 5.91 Å². The second kappa shape index (κ2) is 5.21. The van der Waals surface area contributed by atoms with Crippen LogP contribution in [-0.4, -0.2) is 52.6 Å². The molecule has 17 heavy (non-hydrogen) atoms. The summed E-state index contributed by atoms with van der Waals surface area (Å²) in [5.74, 6) is 0.398. The Hall–Kier alpha value is -0.180. The maximum atomic E-state index is 12.0. The molecule has 0 unspecified atom stereocenters. The molecule has 0 N–H and O–H groups in total. The predicted molar refractivity (Wildman–Crippen MR) is 69.5 cm³/mol. The van der Waals surface area contributed by atoms with Gasteiger partial charge in [0, 0.05) is 39.1 Å². The minimum absolute atomic E-state index is 0.398. The first-order chi connectivity index (χ1) is 8.36. The molecule has 3 rings (SSSR count). The second-order valence-electron chi connectivity index (χ2n) is 5.21. The zero-order valence-corrected chi connectivity index (χ0v) is 11.4. The molecule has 0 aromatic rings. The van der Waals surface area contributed by atoms with Crippen LogP contribution in [-0.2, 0) is 4.79 Å². The Morgan fingerprint density at radius 2 is 1.29 bits per heavy atom. The van der Waals surface area contributed by atoms with E-state index in [1.165, 1.54) is 51.9 Å². The quantitative estimate of drug-likeness (QED) is 0.722. The summed E-state index contributed by atoms with van der Waals surface area (Å²) in [5, 5.41) is 0. The van der Waals surface area contributed by atoms with Crippen molar-refractivity contribution in [3.8, 4) is 0 Å². The first-order valence-electron chi connectivity index (χ1n) is 6.96. The van der Waals surface area contributed by atoms with Gasteiger partial charge in [0.2, 0.25) is 5.91 Å². The Bertz CT molecular complexity index is 271. The number of carbonyl (C=O) groups is 1. The molecule has 0 radical (unpaired) electrons. The molecule has 0 atom stereocenters. The molecule has 3 fully saturated rings. The number of rotatable bonds is 3. The highest BCUT2D eigenvalue weighted by molar-refractivity contribution is 7.50. The van der Waals surface area contributed by atoms with E-state index in [4.69, 9.17) is 0 Å². The van der Waals surface area contributed by atoms with Gasteiger partial charge in [-0.05, 0) is 32.1 Å². The molecule has 0 aromatic heterocycles. The summed E-state index contributed by atoms with van der Waals surface area (Å²) in [5.41, 5.74) is 0. The van der Waals surface area contributed by atoms with Gasteiger partial charge in [0.25, 0.3) is 0 Å². The summed E-state index contributed by atoms with van der Waals surface area (Å²) in [6, 6.07) is 0. The van der Waals surface area contributed by atoms with Crippen LogP contribution >= 0.6 is 8.37 Å². The van der Waals surface area contributed by atoms with Gasteiger partial charge in [0.05, 0.1) is 0 Å². The first kappa shape index (κ1) is 11.9. The van der Waals surface area contributed by atoms with Crippen molar-refractivity contribution in [2.75, 3.05) is 32.7 Å². The van der Waals surface area contributed by atoms with E-state index in [1.807, 2.05) is 0 Å². The average molecular weight is 255 g/mol. The molecule has 5 heteroatoms. The van der Waals surface area contributed by atoms with Gasteiger partial charge in [-0.15, -0.1) is 0 Å². The van der Waals surface area contributed by atoms with Crippen molar-refractivity contribution in [2.24, 2.45) is 0 Å². The number of amides is 1. The van der Waals surface area contributed by atoms with Crippen molar-refractivity contribution in [3.05, 3.63) is 0 Å². The second-order valence-corrected chi connectivity index (χ2v) is 7.36. The van der Waals surface area contributed by atoms with E-state index in [2.05, 4.69) is 14.0 Å². The summed E-state index contributed by atoms with van der Waals surface area (Å²) in [7, 11) is -0.453. The highest BCUT2D eigenvalue weighted by Crippen LogP contribution is 2.52. The fourth-order valence-electron chi connectivity index (χ4n) is 3.07. The van der Waals surface area contributed by atoms with Gasteiger partial charge in [-0.2, -0.15) is 0 Å². The van der Waals surface area contributed by atoms with Crippen LogP contribution in [0.15, 0.2) is 0 Å². The largest absolute Gasteiger partial charge is 0.296 e. The van der Waals surface area contributed by atoms with Crippen LogP contribution in [0.3, 0.4) is 0 Å². The zero-order valence-electron chi connectivity index (χ0n) is 10.5. The van der Waals surface area contributed by atoms with E-state index in [9.17, 15) is 4.79 Å². The summed E-state index contributed by atoms with van der Waals surface area (Å²) in [4.78, 5) is 12.0. The molecule has 3 heterocycles. The van der Waals surface area contributed by atoms with Crippen molar-refractivity contribution in [2.45, 2.75) is 38.5 Å². The van der Waals surface area contributed by atoms with Crippen LogP contribution in [0.25, 0.3) is 0 Å². The van der Waals surface area contributed by atoms with Crippen molar-refractivity contribution in [1.82, 2.24) is 14.0 Å². The molecule has 3 aliphatic heterocycles. The summed E-state index contributed by atoms with van der Waals surface area (Å²) < 4.78 is 7.37. The van der Waals surface area contributed by atoms with Crippen LogP contribution in [0.4, 0.5) is 0 Å². The van der Waals surface area contributed by atoms with Gasteiger partial charge >= 0.3 is 0 Å². The first-order valence-corrected chi connectivity index (χ1v) is 8.16. The van der Waals surface area contributed by atoms with Crippen LogP contribution in [0, 0.1) is 0 Å². The zero-order chi connectivity index (χ0) is 11.7. The number of hydrogen-bond acceptors (Lipinski definition) is 3. The van der Waals surface area contributed by atoms with Crippen LogP contribution in [0.5, 0.6) is 0 Å². The van der Waals surface area contributed by atoms with E-state index in [0.717, 1.165) is 19.4 Å². The maximum absolute atomic E-state index is 12.0. The molecule has 0 aromatic carbocycles. The van der Waals surface area contributed by atoms with Crippen LogP contribution in [0.1, 0.15) is 38.5 Å². The minimum atomic E-state index is -0.453. The van der Waals surface area contributed by atoms with Gasteiger partial charge in [0.1, 0.15) is 0 Å². The van der Waals surface area contributed by atoms with E-state index in [1.54, 1.807) is 0 Å². The van der Waals surface area contributed by atoms with Gasteiger partial charge in [0.15, 0.2) is 8.37 Å². The monoisotopic (exact) mass is 255 g/mol. The third kappa shape index (κ3) is 2.35. The van der Waals surface area contributed by atoms with E-state index in [-0.39, 0.29) is 0 Å². The SMILES string of the molecule is O=C1CCCN1P(N1CCCC1)N1CCCC1. The molecular weight excluding hydrogens is 233 g/mol. The summed E-state index contributed by atoms with van der Waals surface area (Å²) in [6.07, 6.45) is 7.10. The molecule has 4 nitrogen and oxygen atoms in total. The number of nitrogens with zero attached hydrogens (tertiary/aromatic N) is 3. The molecular formula is C12H22N3OP. The predicted octanol–water partition coefficient (Wildman–Crippen LogP) is 2.03. The lowest BCUT2D eigenvalue weighted by molar-refractivity contribution is -0.123. The number of carbonyl (C=O) groups excluding carboxylic acids is 1. The van der Waals surface area contributed by atoms with Crippen molar-refractivity contribution in [3.63, 3.8) is 0 Å². The third-order valence-corrected chi connectivity index (χ3v) is 6.60. The highest BCUT2D eigenvalue weighted by Gasteiger charge is 2.38. The third-order valence-electron chi connectivity index (χ3n) is 3.94. The van der Waals surface area contributed by atoms with E-state index < -0.39 is 8.37 Å². The minimum Gasteiger partial charge on any atom is -0.296 e. The molecule has 0 saturated carbocycles. The van der Waals surface area contributed by atoms with Crippen molar-refractivity contribution >= 4 is 14.3 Å². The Kier molecular flexibility index (Phi) is 3.64. The molecule has 96 valence electrons. The number of hydrogen-bond donors (Lipinski definition) is 0. The van der Waals surface area contributed by atoms with E-state index >= 15 is 0 Å². The van der Waals surface area contributed by atoms with Gasteiger partial charge in [-0.3, -0.25) is 18.8 Å². The Balaban J connectivity index is 1.76. The summed E-state index contributed by atoms with van der Waals surface area (Å²) in [6.45, 7) is 5.80. The lowest BCUT2D eigenvalue weighted by Gasteiger charge is -2.39. The molecule has 3 saturated heterocycles. The van der Waals surface area contributed by atoms with Gasteiger partial charge < -0.3 is 0 Å². The standard InChI is InChI=1S/C12H22N3OP/c16-12-6-5-11-15(12)17(13-7-1-2-8-13)14-9-3-4-10-14/h1-11H2. The Morgan fingerprint density at radius 1 is 0.765 bits per heavy atom. The summed E-state index contributed by atoms with van der Waals surface area (Å²) >= 11 is 0. The highest BCUT2D eigenvalue weighted by atomic mass is 31.2. The smallest absolute Gasteiger partial charge is 0.227 e. The molecule has 0 aliphatic carbocycles. The molecule has 0 spiro atoms. The molecule has 0 bridgehead atoms. The van der Waals surface area contributed by atoms with Gasteiger partial charge in [-0.1, -0.05) is 0 Å². The topological polar surface area (TPSA) is 26.8 Å². The lowest BCUT2D eigenvalue weighted by Crippen LogP contribution is -2.36.